The fraction of sp³-hybridized carbons (Fsp3) is 0.467. The van der Waals surface area contributed by atoms with Gasteiger partial charge in [0.1, 0.15) is 6.04 Å². The van der Waals surface area contributed by atoms with Gasteiger partial charge in [-0.1, -0.05) is 23.7 Å². The maximum absolute atomic E-state index is 12.5. The second kappa shape index (κ2) is 7.21. The summed E-state index contributed by atoms with van der Waals surface area (Å²) in [5, 5.41) is 3.19. The molecule has 0 bridgehead atoms. The lowest BCUT2D eigenvalue weighted by molar-refractivity contribution is -0.186. The van der Waals surface area contributed by atoms with Gasteiger partial charge in [0.2, 0.25) is 5.91 Å². The Balaban J connectivity index is 1.87. The molecule has 2 amide bonds. The van der Waals surface area contributed by atoms with E-state index in [1.54, 1.807) is 12.1 Å². The number of nitrogens with zero attached hydrogens (tertiary/aromatic N) is 1. The molecule has 8 heteroatoms. The van der Waals surface area contributed by atoms with Gasteiger partial charge in [-0.25, -0.2) is 0 Å². The summed E-state index contributed by atoms with van der Waals surface area (Å²) in [6.45, 7) is 0.235. The molecule has 1 N–H and O–H groups in total. The van der Waals surface area contributed by atoms with Gasteiger partial charge < -0.3 is 10.2 Å². The number of rotatable bonds is 4. The highest BCUT2D eigenvalue weighted by molar-refractivity contribution is 6.30. The molecule has 23 heavy (non-hydrogen) atoms. The van der Waals surface area contributed by atoms with Gasteiger partial charge in [-0.05, 0) is 37.0 Å². The highest BCUT2D eigenvalue weighted by Gasteiger charge is 2.47. The molecular weight excluding hydrogens is 333 g/mol. The van der Waals surface area contributed by atoms with Crippen LogP contribution in [0.4, 0.5) is 13.2 Å². The monoisotopic (exact) mass is 348 g/mol. The number of amides is 2. The van der Waals surface area contributed by atoms with Crippen LogP contribution < -0.4 is 5.32 Å². The van der Waals surface area contributed by atoms with Crippen LogP contribution in [-0.2, 0) is 16.0 Å². The topological polar surface area (TPSA) is 49.4 Å². The first-order chi connectivity index (χ1) is 10.8. The Kier molecular flexibility index (Phi) is 5.51. The van der Waals surface area contributed by atoms with Gasteiger partial charge in [-0.2, -0.15) is 13.2 Å². The highest BCUT2D eigenvalue weighted by Crippen LogP contribution is 2.25. The van der Waals surface area contributed by atoms with E-state index in [0.717, 1.165) is 5.56 Å². The van der Waals surface area contributed by atoms with E-state index in [2.05, 4.69) is 5.32 Å². The zero-order chi connectivity index (χ0) is 17.0. The van der Waals surface area contributed by atoms with Crippen LogP contribution in [0.3, 0.4) is 0 Å². The molecule has 1 aromatic rings. The molecule has 2 rings (SSSR count). The molecule has 1 aliphatic heterocycles. The standard InChI is InChI=1S/C15H16ClF3N2O2/c16-11-5-3-10(4-6-11)7-8-20-13(22)12-2-1-9-21(12)14(23)15(17,18)19/h3-6,12H,1-2,7-9H2,(H,20,22). The van der Waals surface area contributed by atoms with Gasteiger partial charge >= 0.3 is 12.1 Å². The van der Waals surface area contributed by atoms with Crippen LogP contribution in [0.2, 0.25) is 5.02 Å². The predicted molar refractivity (Wildman–Crippen MR) is 79.0 cm³/mol. The molecular formula is C15H16ClF3N2O2. The van der Waals surface area contributed by atoms with Gasteiger partial charge in [0, 0.05) is 18.1 Å². The van der Waals surface area contributed by atoms with Crippen molar-refractivity contribution in [2.75, 3.05) is 13.1 Å². The van der Waals surface area contributed by atoms with Crippen LogP contribution in [-0.4, -0.2) is 42.0 Å². The minimum Gasteiger partial charge on any atom is -0.354 e. The maximum Gasteiger partial charge on any atom is 0.471 e. The summed E-state index contributed by atoms with van der Waals surface area (Å²) in [6.07, 6.45) is -3.79. The number of halogens is 4. The molecule has 0 spiro atoms. The first kappa shape index (κ1) is 17.6. The van der Waals surface area contributed by atoms with E-state index in [1.807, 2.05) is 12.1 Å². The van der Waals surface area contributed by atoms with E-state index >= 15 is 0 Å². The second-order valence-corrected chi connectivity index (χ2v) is 5.76. The molecule has 1 atom stereocenters. The molecule has 4 nitrogen and oxygen atoms in total. The fourth-order valence-corrected chi connectivity index (χ4v) is 2.67. The van der Waals surface area contributed by atoms with Crippen molar-refractivity contribution in [3.8, 4) is 0 Å². The van der Waals surface area contributed by atoms with E-state index in [4.69, 9.17) is 11.6 Å². The summed E-state index contributed by atoms with van der Waals surface area (Å²) >= 11 is 5.77. The average Bonchev–Trinajstić information content (AvgIpc) is 2.96. The fourth-order valence-electron chi connectivity index (χ4n) is 2.54. The molecule has 0 aromatic heterocycles. The normalized spacial score (nSPS) is 18.1. The van der Waals surface area contributed by atoms with Gasteiger partial charge in [0.15, 0.2) is 0 Å². The Morgan fingerprint density at radius 3 is 2.52 bits per heavy atom. The SMILES string of the molecule is O=C(NCCc1ccc(Cl)cc1)C1CCCN1C(=O)C(F)(F)F. The summed E-state index contributed by atoms with van der Waals surface area (Å²) in [5.74, 6) is -2.50. The summed E-state index contributed by atoms with van der Waals surface area (Å²) in [6, 6.07) is 6.01. The van der Waals surface area contributed by atoms with Crippen LogP contribution in [0.15, 0.2) is 24.3 Å². The number of nitrogens with one attached hydrogen (secondary N) is 1. The van der Waals surface area contributed by atoms with E-state index in [0.29, 0.717) is 22.8 Å². The van der Waals surface area contributed by atoms with E-state index < -0.39 is 24.0 Å². The number of likely N-dealkylation sites (tertiary alicyclic amines) is 1. The van der Waals surface area contributed by atoms with Crippen LogP contribution in [0.25, 0.3) is 0 Å². The largest absolute Gasteiger partial charge is 0.471 e. The van der Waals surface area contributed by atoms with Gasteiger partial charge in [0.25, 0.3) is 0 Å². The average molecular weight is 349 g/mol. The quantitative estimate of drug-likeness (QED) is 0.909. The van der Waals surface area contributed by atoms with Crippen molar-refractivity contribution in [3.05, 3.63) is 34.9 Å². The molecule has 1 heterocycles. The summed E-state index contributed by atoms with van der Waals surface area (Å²) in [4.78, 5) is 24.0. The Bertz CT molecular complexity index is 575. The van der Waals surface area contributed by atoms with Crippen molar-refractivity contribution in [1.82, 2.24) is 10.2 Å². The number of benzene rings is 1. The van der Waals surface area contributed by atoms with Crippen molar-refractivity contribution < 1.29 is 22.8 Å². The Morgan fingerprint density at radius 2 is 1.91 bits per heavy atom. The molecule has 126 valence electrons. The third kappa shape index (κ3) is 4.60. The molecule has 1 aliphatic rings. The Labute approximate surface area is 136 Å². The summed E-state index contributed by atoms with van der Waals surface area (Å²) < 4.78 is 37.5. The lowest BCUT2D eigenvalue weighted by Crippen LogP contribution is -2.50. The number of alkyl halides is 3. The van der Waals surface area contributed by atoms with Gasteiger partial charge in [-0.15, -0.1) is 0 Å². The van der Waals surface area contributed by atoms with Crippen molar-refractivity contribution in [3.63, 3.8) is 0 Å². The molecule has 0 radical (unpaired) electrons. The van der Waals surface area contributed by atoms with Crippen molar-refractivity contribution >= 4 is 23.4 Å². The Hall–Kier alpha value is -1.76. The van der Waals surface area contributed by atoms with Gasteiger partial charge in [0.05, 0.1) is 0 Å². The van der Waals surface area contributed by atoms with Crippen molar-refractivity contribution in [2.45, 2.75) is 31.5 Å². The number of hydrogen-bond acceptors (Lipinski definition) is 2. The maximum atomic E-state index is 12.5. The summed E-state index contributed by atoms with van der Waals surface area (Å²) in [7, 11) is 0. The molecule has 1 unspecified atom stereocenters. The first-order valence-corrected chi connectivity index (χ1v) is 7.57. The molecule has 1 fully saturated rings. The zero-order valence-electron chi connectivity index (χ0n) is 12.2. The van der Waals surface area contributed by atoms with Crippen molar-refractivity contribution in [1.29, 1.82) is 0 Å². The second-order valence-electron chi connectivity index (χ2n) is 5.32. The predicted octanol–water partition coefficient (Wildman–Crippen LogP) is 2.55. The summed E-state index contributed by atoms with van der Waals surface area (Å²) in [5.41, 5.74) is 0.948. The van der Waals surface area contributed by atoms with Crippen LogP contribution in [0.5, 0.6) is 0 Å². The molecule has 1 saturated heterocycles. The van der Waals surface area contributed by atoms with E-state index in [-0.39, 0.29) is 19.5 Å². The minimum absolute atomic E-state index is 0.0480. The van der Waals surface area contributed by atoms with E-state index in [1.165, 1.54) is 0 Å². The molecule has 0 saturated carbocycles. The minimum atomic E-state index is -4.95. The smallest absolute Gasteiger partial charge is 0.354 e. The lowest BCUT2D eigenvalue weighted by Gasteiger charge is -2.24. The molecule has 0 aliphatic carbocycles. The number of carbonyl (C=O) groups is 2. The zero-order valence-corrected chi connectivity index (χ0v) is 13.0. The number of hydrogen-bond donors (Lipinski definition) is 1. The van der Waals surface area contributed by atoms with Crippen LogP contribution in [0.1, 0.15) is 18.4 Å². The number of carbonyl (C=O) groups excluding carboxylic acids is 2. The Morgan fingerprint density at radius 1 is 1.26 bits per heavy atom. The van der Waals surface area contributed by atoms with Gasteiger partial charge in [-0.3, -0.25) is 9.59 Å². The van der Waals surface area contributed by atoms with Crippen molar-refractivity contribution in [2.24, 2.45) is 0 Å². The highest BCUT2D eigenvalue weighted by atomic mass is 35.5. The third-order valence-electron chi connectivity index (χ3n) is 3.68. The van der Waals surface area contributed by atoms with Crippen LogP contribution >= 0.6 is 11.6 Å². The lowest BCUT2D eigenvalue weighted by atomic mass is 10.1. The first-order valence-electron chi connectivity index (χ1n) is 7.19. The van der Waals surface area contributed by atoms with E-state index in [9.17, 15) is 22.8 Å². The van der Waals surface area contributed by atoms with Crippen LogP contribution in [0, 0.1) is 0 Å². The third-order valence-corrected chi connectivity index (χ3v) is 3.94. The molecule has 1 aromatic carbocycles.